The second-order valence-corrected chi connectivity index (χ2v) is 5.12. The van der Waals surface area contributed by atoms with E-state index in [9.17, 15) is 0 Å². The SMILES string of the molecule is CC(C)=CCCc1c2ccc3c1C2CC3. The van der Waals surface area contributed by atoms with E-state index in [0.717, 1.165) is 5.92 Å². The van der Waals surface area contributed by atoms with E-state index >= 15 is 0 Å². The van der Waals surface area contributed by atoms with Crippen LogP contribution >= 0.6 is 0 Å². The molecule has 0 fully saturated rings. The highest BCUT2D eigenvalue weighted by molar-refractivity contribution is 5.60. The van der Waals surface area contributed by atoms with Crippen molar-refractivity contribution >= 4 is 0 Å². The molecule has 0 saturated heterocycles. The number of fused-ring (bicyclic) bond motifs is 2. The molecule has 0 heterocycles. The summed E-state index contributed by atoms with van der Waals surface area (Å²) in [5.74, 6) is 0.853. The number of aryl methyl sites for hydroxylation is 2. The Labute approximate surface area is 92.0 Å². The molecule has 2 bridgehead atoms. The van der Waals surface area contributed by atoms with Crippen molar-refractivity contribution in [2.45, 2.75) is 45.4 Å². The largest absolute Gasteiger partial charge is 0.0856 e. The van der Waals surface area contributed by atoms with Crippen molar-refractivity contribution in [1.82, 2.24) is 0 Å². The summed E-state index contributed by atoms with van der Waals surface area (Å²) in [4.78, 5) is 0. The van der Waals surface area contributed by atoms with Gasteiger partial charge in [-0.1, -0.05) is 23.8 Å². The molecule has 0 aromatic heterocycles. The molecule has 0 N–H and O–H groups in total. The molecule has 78 valence electrons. The number of hydrogen-bond acceptors (Lipinski definition) is 0. The van der Waals surface area contributed by atoms with Gasteiger partial charge in [-0.25, -0.2) is 0 Å². The zero-order valence-corrected chi connectivity index (χ0v) is 9.64. The molecule has 3 rings (SSSR count). The molecule has 0 radical (unpaired) electrons. The van der Waals surface area contributed by atoms with Gasteiger partial charge in [0.1, 0.15) is 0 Å². The zero-order chi connectivity index (χ0) is 10.4. The van der Waals surface area contributed by atoms with Gasteiger partial charge in [0.25, 0.3) is 0 Å². The summed E-state index contributed by atoms with van der Waals surface area (Å²) in [6.07, 6.45) is 7.56. The summed E-state index contributed by atoms with van der Waals surface area (Å²) in [6.45, 7) is 4.37. The standard InChI is InChI=1S/C15H18/c1-10(2)4-3-5-13-12-8-6-11-7-9-14(12)15(11)13/h4,6,8,14H,3,5,7,9H2,1-2H3. The van der Waals surface area contributed by atoms with E-state index in [-0.39, 0.29) is 0 Å². The quantitative estimate of drug-likeness (QED) is 0.644. The Bertz CT molecular complexity index is 434. The van der Waals surface area contributed by atoms with Crippen molar-refractivity contribution in [3.05, 3.63) is 46.0 Å². The van der Waals surface area contributed by atoms with Crippen LogP contribution < -0.4 is 0 Å². The Morgan fingerprint density at radius 2 is 2.27 bits per heavy atom. The fourth-order valence-corrected chi connectivity index (χ4v) is 3.17. The van der Waals surface area contributed by atoms with Gasteiger partial charge >= 0.3 is 0 Å². The topological polar surface area (TPSA) is 0 Å². The monoisotopic (exact) mass is 198 g/mol. The zero-order valence-electron chi connectivity index (χ0n) is 9.64. The fourth-order valence-electron chi connectivity index (χ4n) is 3.17. The van der Waals surface area contributed by atoms with Crippen LogP contribution in [0.15, 0.2) is 23.8 Å². The first-order valence-electron chi connectivity index (χ1n) is 6.05. The highest BCUT2D eigenvalue weighted by atomic mass is 14.4. The summed E-state index contributed by atoms with van der Waals surface area (Å²) in [5, 5.41) is 0. The van der Waals surface area contributed by atoms with Crippen molar-refractivity contribution in [3.8, 4) is 0 Å². The van der Waals surface area contributed by atoms with Gasteiger partial charge < -0.3 is 0 Å². The van der Waals surface area contributed by atoms with Crippen molar-refractivity contribution in [2.24, 2.45) is 0 Å². The van der Waals surface area contributed by atoms with E-state index in [1.165, 1.54) is 31.3 Å². The summed E-state index contributed by atoms with van der Waals surface area (Å²) < 4.78 is 0. The Hall–Kier alpha value is -1.04. The number of benzene rings is 1. The second kappa shape index (κ2) is 3.23. The Morgan fingerprint density at radius 3 is 3.00 bits per heavy atom. The molecule has 0 spiro atoms. The summed E-state index contributed by atoms with van der Waals surface area (Å²) in [5.41, 5.74) is 8.17. The highest BCUT2D eigenvalue weighted by Crippen LogP contribution is 2.51. The van der Waals surface area contributed by atoms with Crippen molar-refractivity contribution in [3.63, 3.8) is 0 Å². The van der Waals surface area contributed by atoms with Gasteiger partial charge in [-0.05, 0) is 61.8 Å². The maximum atomic E-state index is 2.37. The molecule has 0 nitrogen and oxygen atoms in total. The van der Waals surface area contributed by atoms with Gasteiger partial charge in [0.15, 0.2) is 0 Å². The predicted molar refractivity (Wildman–Crippen MR) is 64.4 cm³/mol. The third-order valence-electron chi connectivity index (χ3n) is 3.86. The van der Waals surface area contributed by atoms with E-state index in [2.05, 4.69) is 32.1 Å². The van der Waals surface area contributed by atoms with Gasteiger partial charge in [0, 0.05) is 5.92 Å². The molecule has 15 heavy (non-hydrogen) atoms. The molecule has 0 heteroatoms. The van der Waals surface area contributed by atoms with Crippen LogP contribution in [-0.2, 0) is 12.8 Å². The normalized spacial score (nSPS) is 20.0. The lowest BCUT2D eigenvalue weighted by Gasteiger charge is -2.30. The van der Waals surface area contributed by atoms with Gasteiger partial charge in [-0.2, -0.15) is 0 Å². The van der Waals surface area contributed by atoms with E-state index in [4.69, 9.17) is 0 Å². The van der Waals surface area contributed by atoms with Gasteiger partial charge in [-0.15, -0.1) is 0 Å². The number of hydrogen-bond donors (Lipinski definition) is 0. The fraction of sp³-hybridized carbons (Fsp3) is 0.467. The average Bonchev–Trinajstić information content (AvgIpc) is 2.45. The molecule has 1 aromatic carbocycles. The lowest BCUT2D eigenvalue weighted by Crippen LogP contribution is -2.15. The number of allylic oxidation sites excluding steroid dienone is 2. The molecule has 0 saturated carbocycles. The maximum absolute atomic E-state index is 2.37. The molecule has 1 unspecified atom stereocenters. The van der Waals surface area contributed by atoms with Gasteiger partial charge in [0.05, 0.1) is 0 Å². The first-order valence-corrected chi connectivity index (χ1v) is 6.05. The van der Waals surface area contributed by atoms with Crippen LogP contribution in [0.2, 0.25) is 0 Å². The molecular weight excluding hydrogens is 180 g/mol. The lowest BCUT2D eigenvalue weighted by molar-refractivity contribution is 0.720. The molecule has 0 aliphatic heterocycles. The first kappa shape index (κ1) is 9.21. The van der Waals surface area contributed by atoms with E-state index in [1.807, 2.05) is 0 Å². The Kier molecular flexibility index (Phi) is 1.98. The van der Waals surface area contributed by atoms with Crippen LogP contribution in [-0.4, -0.2) is 0 Å². The van der Waals surface area contributed by atoms with Crippen molar-refractivity contribution in [2.75, 3.05) is 0 Å². The first-order chi connectivity index (χ1) is 7.27. The van der Waals surface area contributed by atoms with Gasteiger partial charge in [0.2, 0.25) is 0 Å². The van der Waals surface area contributed by atoms with Gasteiger partial charge in [-0.3, -0.25) is 0 Å². The van der Waals surface area contributed by atoms with Crippen molar-refractivity contribution < 1.29 is 0 Å². The van der Waals surface area contributed by atoms with Crippen LogP contribution in [0.5, 0.6) is 0 Å². The minimum absolute atomic E-state index is 0.853. The minimum Gasteiger partial charge on any atom is -0.0856 e. The molecule has 1 aromatic rings. The lowest BCUT2D eigenvalue weighted by atomic mass is 9.74. The molecule has 2 aliphatic carbocycles. The Balaban J connectivity index is 1.80. The summed E-state index contributed by atoms with van der Waals surface area (Å²) >= 11 is 0. The molecule has 2 aliphatic rings. The average molecular weight is 198 g/mol. The maximum Gasteiger partial charge on any atom is 0.0101 e. The van der Waals surface area contributed by atoms with Crippen LogP contribution in [0.4, 0.5) is 0 Å². The number of rotatable bonds is 3. The van der Waals surface area contributed by atoms with E-state index in [0.29, 0.717) is 0 Å². The third kappa shape index (κ3) is 1.27. The van der Waals surface area contributed by atoms with E-state index < -0.39 is 0 Å². The third-order valence-corrected chi connectivity index (χ3v) is 3.86. The Morgan fingerprint density at radius 1 is 1.40 bits per heavy atom. The summed E-state index contributed by atoms with van der Waals surface area (Å²) in [7, 11) is 0. The van der Waals surface area contributed by atoms with Crippen LogP contribution in [0.1, 0.15) is 54.9 Å². The van der Waals surface area contributed by atoms with Crippen LogP contribution in [0.25, 0.3) is 0 Å². The predicted octanol–water partition coefficient (Wildman–Crippen LogP) is 3.98. The molecule has 0 amide bonds. The van der Waals surface area contributed by atoms with Crippen LogP contribution in [0.3, 0.4) is 0 Å². The second-order valence-electron chi connectivity index (χ2n) is 5.12. The van der Waals surface area contributed by atoms with Crippen molar-refractivity contribution in [1.29, 1.82) is 0 Å². The van der Waals surface area contributed by atoms with E-state index in [1.54, 1.807) is 22.3 Å². The molecular formula is C15H18. The van der Waals surface area contributed by atoms with Crippen LogP contribution in [0, 0.1) is 0 Å². The highest BCUT2D eigenvalue weighted by Gasteiger charge is 2.36. The minimum atomic E-state index is 0.853. The summed E-state index contributed by atoms with van der Waals surface area (Å²) in [6, 6.07) is 4.72. The smallest absolute Gasteiger partial charge is 0.0101 e. The molecule has 1 atom stereocenters.